The molecule has 126 valence electrons. The van der Waals surface area contributed by atoms with Gasteiger partial charge in [0, 0.05) is 11.5 Å². The molecule has 4 rings (SSSR count). The lowest BCUT2D eigenvalue weighted by atomic mass is 9.91. The smallest absolute Gasteiger partial charge is 0.126 e. The van der Waals surface area contributed by atoms with E-state index in [2.05, 4.69) is 73.7 Å². The molecule has 0 N–H and O–H groups in total. The summed E-state index contributed by atoms with van der Waals surface area (Å²) >= 11 is 19.3. The minimum atomic E-state index is -2.84. The van der Waals surface area contributed by atoms with Crippen molar-refractivity contribution >= 4 is 39.2 Å². The van der Waals surface area contributed by atoms with E-state index in [0.717, 1.165) is 0 Å². The van der Waals surface area contributed by atoms with Gasteiger partial charge in [0.15, 0.2) is 0 Å². The molecule has 1 aliphatic rings. The van der Waals surface area contributed by atoms with Crippen molar-refractivity contribution in [3.63, 3.8) is 0 Å². The Hall–Kier alpha value is -1.25. The maximum Gasteiger partial charge on any atom is 0.344 e. The first-order valence-corrected chi connectivity index (χ1v) is 13.4. The molecule has 25 heavy (non-hydrogen) atoms. The topological polar surface area (TPSA) is 0 Å². The first kappa shape index (κ1) is 17.2. The average molecular weight is 404 g/mol. The van der Waals surface area contributed by atoms with Crippen molar-refractivity contribution in [1.29, 1.82) is 0 Å². The maximum atomic E-state index is 6.42. The van der Waals surface area contributed by atoms with Crippen LogP contribution in [0.5, 0.6) is 0 Å². The fourth-order valence-electron chi connectivity index (χ4n) is 3.78. The highest BCUT2D eigenvalue weighted by molar-refractivity contribution is 7.65. The lowest BCUT2D eigenvalue weighted by Gasteiger charge is -2.26. The molecule has 0 fully saturated rings. The Morgan fingerprint density at radius 1 is 0.720 bits per heavy atom. The van der Waals surface area contributed by atoms with Crippen LogP contribution < -0.4 is 0 Å². The largest absolute Gasteiger partial charge is 0.344 e. The fraction of sp³-hybridized carbons (Fsp3) is 0.143. The van der Waals surface area contributed by atoms with Gasteiger partial charge in [0.1, 0.15) is 0 Å². The van der Waals surface area contributed by atoms with Crippen LogP contribution in [-0.2, 0) is 0 Å². The molecule has 3 aromatic carbocycles. The van der Waals surface area contributed by atoms with E-state index in [4.69, 9.17) is 33.2 Å². The van der Waals surface area contributed by atoms with Crippen molar-refractivity contribution in [3.05, 3.63) is 83.9 Å². The second-order valence-electron chi connectivity index (χ2n) is 6.56. The number of halogens is 3. The molecule has 0 saturated carbocycles. The average Bonchev–Trinajstić information content (AvgIpc) is 2.94. The predicted octanol–water partition coefficient (Wildman–Crippen LogP) is 7.51. The van der Waals surface area contributed by atoms with E-state index >= 15 is 0 Å². The van der Waals surface area contributed by atoms with E-state index in [9.17, 15) is 0 Å². The van der Waals surface area contributed by atoms with Crippen molar-refractivity contribution in [2.24, 2.45) is 0 Å². The maximum absolute atomic E-state index is 6.42. The Morgan fingerprint density at radius 2 is 1.36 bits per heavy atom. The molecule has 0 aliphatic heterocycles. The van der Waals surface area contributed by atoms with Gasteiger partial charge in [-0.2, -0.15) is 0 Å². The van der Waals surface area contributed by atoms with Gasteiger partial charge in [0.25, 0.3) is 0 Å². The van der Waals surface area contributed by atoms with Crippen LogP contribution in [-0.4, -0.2) is 6.00 Å². The summed E-state index contributed by atoms with van der Waals surface area (Å²) in [5, 5.41) is 0. The number of fused-ring (bicyclic) bond motifs is 3. The summed E-state index contributed by atoms with van der Waals surface area (Å²) in [6.45, 7) is 2.07. The summed E-state index contributed by atoms with van der Waals surface area (Å²) in [6, 6.07) is 22.7. The first-order valence-electron chi connectivity index (χ1n) is 8.32. The van der Waals surface area contributed by atoms with Crippen LogP contribution >= 0.6 is 33.2 Å². The molecule has 2 atom stereocenters. The van der Waals surface area contributed by atoms with Crippen molar-refractivity contribution in [1.82, 2.24) is 0 Å². The van der Waals surface area contributed by atoms with Gasteiger partial charge in [-0.05, 0) is 39.4 Å². The van der Waals surface area contributed by atoms with Gasteiger partial charge in [0.2, 0.25) is 0 Å². The molecule has 0 heterocycles. The van der Waals surface area contributed by atoms with Gasteiger partial charge in [-0.1, -0.05) is 73.7 Å². The summed E-state index contributed by atoms with van der Waals surface area (Å²) in [5.41, 5.74) is 7.48. The van der Waals surface area contributed by atoms with E-state index < -0.39 is 6.00 Å². The summed E-state index contributed by atoms with van der Waals surface area (Å²) in [7, 11) is 0. The van der Waals surface area contributed by atoms with Gasteiger partial charge in [-0.15, -0.1) is 33.2 Å². The number of hydrogen-bond donors (Lipinski definition) is 0. The molecule has 1 aliphatic carbocycles. The van der Waals surface area contributed by atoms with Crippen molar-refractivity contribution in [2.45, 2.75) is 18.4 Å². The Bertz CT molecular complexity index is 916. The Labute approximate surface area is 163 Å². The minimum absolute atomic E-state index is 0.00548. The normalized spacial score (nSPS) is 17.0. The van der Waals surface area contributed by atoms with Crippen LogP contribution in [0, 0.1) is 0 Å². The Morgan fingerprint density at radius 3 is 2.08 bits per heavy atom. The van der Waals surface area contributed by atoms with Crippen LogP contribution in [0.2, 0.25) is 5.54 Å². The lowest BCUT2D eigenvalue weighted by Crippen LogP contribution is -2.23. The molecule has 2 unspecified atom stereocenters. The standard InChI is InChI=1S/C21H17Cl3Si/c1-14(25(22,23)24)21-19-10-6-5-9-17(19)18-12-11-16(13-20(18)21)15-7-3-2-4-8-15/h2-14,21H,1H3. The molecule has 4 heteroatoms. The van der Waals surface area contributed by atoms with Crippen LogP contribution in [0.3, 0.4) is 0 Å². The van der Waals surface area contributed by atoms with Gasteiger partial charge < -0.3 is 0 Å². The number of benzene rings is 3. The molecule has 0 saturated heterocycles. The van der Waals surface area contributed by atoms with Crippen LogP contribution in [0.25, 0.3) is 22.3 Å². The quantitative estimate of drug-likeness (QED) is 0.313. The zero-order valence-corrected chi connectivity index (χ0v) is 17.0. The van der Waals surface area contributed by atoms with Gasteiger partial charge in [-0.3, -0.25) is 0 Å². The zero-order chi connectivity index (χ0) is 17.6. The molecular weight excluding hydrogens is 387 g/mol. The third-order valence-electron chi connectivity index (χ3n) is 5.10. The monoisotopic (exact) mass is 402 g/mol. The molecular formula is C21H17Cl3Si. The van der Waals surface area contributed by atoms with Crippen molar-refractivity contribution in [2.75, 3.05) is 0 Å². The fourth-order valence-corrected chi connectivity index (χ4v) is 5.66. The van der Waals surface area contributed by atoms with Crippen LogP contribution in [0.1, 0.15) is 24.0 Å². The number of rotatable bonds is 3. The highest BCUT2D eigenvalue weighted by Gasteiger charge is 2.43. The molecule has 3 aromatic rings. The summed E-state index contributed by atoms with van der Waals surface area (Å²) in [6.07, 6.45) is 0. The highest BCUT2D eigenvalue weighted by atomic mass is 35.8. The summed E-state index contributed by atoms with van der Waals surface area (Å²) < 4.78 is 0. The molecule has 0 radical (unpaired) electrons. The molecule has 0 amide bonds. The Kier molecular flexibility index (Phi) is 4.45. The van der Waals surface area contributed by atoms with Gasteiger partial charge >= 0.3 is 6.00 Å². The zero-order valence-electron chi connectivity index (χ0n) is 13.7. The SMILES string of the molecule is CC(C1c2ccccc2-c2ccc(-c3ccccc3)cc21)[Si](Cl)(Cl)Cl. The van der Waals surface area contributed by atoms with E-state index in [1.165, 1.54) is 33.4 Å². The first-order chi connectivity index (χ1) is 12.0. The lowest BCUT2D eigenvalue weighted by molar-refractivity contribution is 0.785. The minimum Gasteiger partial charge on any atom is -0.126 e. The second-order valence-corrected chi connectivity index (χ2v) is 15.7. The van der Waals surface area contributed by atoms with Crippen LogP contribution in [0.4, 0.5) is 0 Å². The number of hydrogen-bond acceptors (Lipinski definition) is 0. The second kappa shape index (κ2) is 6.48. The van der Waals surface area contributed by atoms with E-state index in [0.29, 0.717) is 0 Å². The molecule has 0 nitrogen and oxygen atoms in total. The highest BCUT2D eigenvalue weighted by Crippen LogP contribution is 2.55. The van der Waals surface area contributed by atoms with Gasteiger partial charge in [-0.25, -0.2) is 0 Å². The van der Waals surface area contributed by atoms with Crippen molar-refractivity contribution < 1.29 is 0 Å². The van der Waals surface area contributed by atoms with E-state index in [-0.39, 0.29) is 11.5 Å². The summed E-state index contributed by atoms with van der Waals surface area (Å²) in [4.78, 5) is 0. The van der Waals surface area contributed by atoms with E-state index in [1.807, 2.05) is 6.07 Å². The molecule has 0 bridgehead atoms. The molecule has 0 aromatic heterocycles. The van der Waals surface area contributed by atoms with Crippen molar-refractivity contribution in [3.8, 4) is 22.3 Å². The Balaban J connectivity index is 1.90. The third kappa shape index (κ3) is 3.04. The predicted molar refractivity (Wildman–Crippen MR) is 112 cm³/mol. The molecule has 0 spiro atoms. The van der Waals surface area contributed by atoms with Crippen LogP contribution in [0.15, 0.2) is 72.8 Å². The van der Waals surface area contributed by atoms with Gasteiger partial charge in [0.05, 0.1) is 0 Å². The summed E-state index contributed by atoms with van der Waals surface area (Å²) in [5.74, 6) is 0.133. The third-order valence-corrected chi connectivity index (χ3v) is 9.56. The van der Waals surface area contributed by atoms with E-state index in [1.54, 1.807) is 0 Å².